The Balaban J connectivity index is 2.13. The second-order valence-electron chi connectivity index (χ2n) is 3.21. The molecule has 0 bridgehead atoms. The van der Waals surface area contributed by atoms with E-state index in [1.165, 1.54) is 6.20 Å². The number of nitrogens with two attached hydrogens (primary N) is 1. The molecule has 68 valence electrons. The molecule has 0 aromatic carbocycles. The first kappa shape index (κ1) is 8.04. The molecule has 4 heteroatoms. The Morgan fingerprint density at radius 3 is 3.00 bits per heavy atom. The first-order valence-corrected chi connectivity index (χ1v) is 4.28. The summed E-state index contributed by atoms with van der Waals surface area (Å²) in [6.07, 6.45) is 5.22. The molecule has 0 aliphatic heterocycles. The van der Waals surface area contributed by atoms with Crippen molar-refractivity contribution in [3.63, 3.8) is 0 Å². The van der Waals surface area contributed by atoms with Gasteiger partial charge in [-0.05, 0) is 18.9 Å². The van der Waals surface area contributed by atoms with E-state index >= 15 is 0 Å². The van der Waals surface area contributed by atoms with E-state index in [9.17, 15) is 4.79 Å². The summed E-state index contributed by atoms with van der Waals surface area (Å²) in [5.74, 6) is -0.117. The Bertz CT molecular complexity index is 333. The number of nitrogens with zero attached hydrogens (tertiary/aromatic N) is 1. The number of nitrogen functional groups attached to an aromatic ring is 1. The maximum Gasteiger partial charge on any atom is 0.255 e. The topological polar surface area (TPSA) is 68.0 Å². The summed E-state index contributed by atoms with van der Waals surface area (Å²) >= 11 is 0. The van der Waals surface area contributed by atoms with E-state index in [0.717, 1.165) is 12.8 Å². The number of hydrogen-bond donors (Lipinski definition) is 2. The van der Waals surface area contributed by atoms with Crippen LogP contribution in [0.5, 0.6) is 0 Å². The Hall–Kier alpha value is -1.58. The normalized spacial score (nSPS) is 15.4. The van der Waals surface area contributed by atoms with Gasteiger partial charge in [-0.25, -0.2) is 0 Å². The predicted molar refractivity (Wildman–Crippen MR) is 49.1 cm³/mol. The number of amides is 1. The van der Waals surface area contributed by atoms with E-state index in [4.69, 9.17) is 5.73 Å². The molecule has 13 heavy (non-hydrogen) atoms. The Morgan fingerprint density at radius 2 is 2.38 bits per heavy atom. The van der Waals surface area contributed by atoms with Crippen LogP contribution in [-0.4, -0.2) is 16.9 Å². The van der Waals surface area contributed by atoms with E-state index in [0.29, 0.717) is 17.3 Å². The standard InChI is InChI=1S/C9H11N3O/c10-8-3-4-11-5-7(8)9(13)12-6-1-2-6/h3-6H,1-2H2,(H2,10,11)(H,12,13). The molecule has 0 saturated heterocycles. The van der Waals surface area contributed by atoms with E-state index < -0.39 is 0 Å². The monoisotopic (exact) mass is 177 g/mol. The van der Waals surface area contributed by atoms with Gasteiger partial charge in [-0.2, -0.15) is 0 Å². The molecule has 0 unspecified atom stereocenters. The maximum absolute atomic E-state index is 11.5. The van der Waals surface area contributed by atoms with E-state index in [1.54, 1.807) is 12.3 Å². The minimum Gasteiger partial charge on any atom is -0.398 e. The van der Waals surface area contributed by atoms with Crippen LogP contribution in [0.15, 0.2) is 18.5 Å². The summed E-state index contributed by atoms with van der Waals surface area (Å²) in [6.45, 7) is 0. The fourth-order valence-electron chi connectivity index (χ4n) is 1.09. The SMILES string of the molecule is Nc1ccncc1C(=O)NC1CC1. The van der Waals surface area contributed by atoms with Crippen molar-refractivity contribution in [2.45, 2.75) is 18.9 Å². The molecule has 1 aromatic heterocycles. The summed E-state index contributed by atoms with van der Waals surface area (Å²) in [4.78, 5) is 15.3. The maximum atomic E-state index is 11.5. The largest absolute Gasteiger partial charge is 0.398 e. The van der Waals surface area contributed by atoms with Gasteiger partial charge < -0.3 is 11.1 Å². The van der Waals surface area contributed by atoms with Crippen LogP contribution in [0.25, 0.3) is 0 Å². The molecule has 1 heterocycles. The molecular formula is C9H11N3O. The zero-order chi connectivity index (χ0) is 9.26. The van der Waals surface area contributed by atoms with Gasteiger partial charge in [0.2, 0.25) is 0 Å². The fourth-order valence-corrected chi connectivity index (χ4v) is 1.09. The zero-order valence-corrected chi connectivity index (χ0v) is 7.16. The lowest BCUT2D eigenvalue weighted by Gasteiger charge is -2.04. The Kier molecular flexibility index (Phi) is 1.88. The number of aromatic nitrogens is 1. The van der Waals surface area contributed by atoms with Crippen LogP contribution in [-0.2, 0) is 0 Å². The minimum absolute atomic E-state index is 0.117. The van der Waals surface area contributed by atoms with Crippen molar-refractivity contribution >= 4 is 11.6 Å². The number of carbonyl (C=O) groups excluding carboxylic acids is 1. The minimum atomic E-state index is -0.117. The lowest BCUT2D eigenvalue weighted by molar-refractivity contribution is 0.0951. The summed E-state index contributed by atoms with van der Waals surface area (Å²) in [6, 6.07) is 1.98. The van der Waals surface area contributed by atoms with Crippen molar-refractivity contribution in [1.82, 2.24) is 10.3 Å². The molecular weight excluding hydrogens is 166 g/mol. The highest BCUT2D eigenvalue weighted by atomic mass is 16.1. The summed E-state index contributed by atoms with van der Waals surface area (Å²) in [5, 5.41) is 2.85. The molecule has 1 amide bonds. The first-order valence-electron chi connectivity index (χ1n) is 4.28. The van der Waals surface area contributed by atoms with Gasteiger partial charge >= 0.3 is 0 Å². The highest BCUT2D eigenvalue weighted by molar-refractivity contribution is 5.98. The van der Waals surface area contributed by atoms with E-state index in [-0.39, 0.29) is 5.91 Å². The second-order valence-corrected chi connectivity index (χ2v) is 3.21. The quantitative estimate of drug-likeness (QED) is 0.693. The first-order chi connectivity index (χ1) is 6.27. The Morgan fingerprint density at radius 1 is 1.62 bits per heavy atom. The van der Waals surface area contributed by atoms with Gasteiger partial charge in [-0.15, -0.1) is 0 Å². The van der Waals surface area contributed by atoms with E-state index in [2.05, 4.69) is 10.3 Å². The average molecular weight is 177 g/mol. The lowest BCUT2D eigenvalue weighted by atomic mass is 10.2. The number of carbonyl (C=O) groups is 1. The van der Waals surface area contributed by atoms with E-state index in [1.807, 2.05) is 0 Å². The van der Waals surface area contributed by atoms with Gasteiger partial charge in [0.15, 0.2) is 0 Å². The lowest BCUT2D eigenvalue weighted by Crippen LogP contribution is -2.26. The highest BCUT2D eigenvalue weighted by Crippen LogP contribution is 2.20. The molecule has 1 saturated carbocycles. The van der Waals surface area contributed by atoms with Crippen LogP contribution in [0.3, 0.4) is 0 Å². The van der Waals surface area contributed by atoms with Crippen molar-refractivity contribution in [2.75, 3.05) is 5.73 Å². The van der Waals surface area contributed by atoms with Crippen molar-refractivity contribution in [2.24, 2.45) is 0 Å². The van der Waals surface area contributed by atoms with Gasteiger partial charge in [-0.3, -0.25) is 9.78 Å². The molecule has 1 aliphatic rings. The highest BCUT2D eigenvalue weighted by Gasteiger charge is 2.24. The molecule has 1 fully saturated rings. The number of hydrogen-bond acceptors (Lipinski definition) is 3. The molecule has 0 atom stereocenters. The zero-order valence-electron chi connectivity index (χ0n) is 7.16. The predicted octanol–water partition coefficient (Wildman–Crippen LogP) is 0.556. The third kappa shape index (κ3) is 1.77. The molecule has 0 radical (unpaired) electrons. The van der Waals surface area contributed by atoms with Crippen LogP contribution in [0.1, 0.15) is 23.2 Å². The molecule has 0 spiro atoms. The van der Waals surface area contributed by atoms with Crippen LogP contribution in [0.2, 0.25) is 0 Å². The van der Waals surface area contributed by atoms with Crippen LogP contribution in [0.4, 0.5) is 5.69 Å². The number of nitrogens with one attached hydrogen (secondary N) is 1. The van der Waals surface area contributed by atoms with Gasteiger partial charge in [0, 0.05) is 24.1 Å². The van der Waals surface area contributed by atoms with Crippen LogP contribution >= 0.6 is 0 Å². The molecule has 1 aromatic rings. The second kappa shape index (κ2) is 3.05. The van der Waals surface area contributed by atoms with Crippen LogP contribution in [0, 0.1) is 0 Å². The summed E-state index contributed by atoms with van der Waals surface area (Å²) < 4.78 is 0. The summed E-state index contributed by atoms with van der Waals surface area (Å²) in [7, 11) is 0. The van der Waals surface area contributed by atoms with Crippen LogP contribution < -0.4 is 11.1 Å². The third-order valence-corrected chi connectivity index (χ3v) is 2.01. The van der Waals surface area contributed by atoms with Crippen molar-refractivity contribution in [3.05, 3.63) is 24.0 Å². The Labute approximate surface area is 76.2 Å². The summed E-state index contributed by atoms with van der Waals surface area (Å²) in [5.41, 5.74) is 6.56. The van der Waals surface area contributed by atoms with Gasteiger partial charge in [-0.1, -0.05) is 0 Å². The number of rotatable bonds is 2. The van der Waals surface area contributed by atoms with Gasteiger partial charge in [0.1, 0.15) is 0 Å². The number of pyridine rings is 1. The smallest absolute Gasteiger partial charge is 0.255 e. The van der Waals surface area contributed by atoms with Gasteiger partial charge in [0.25, 0.3) is 5.91 Å². The average Bonchev–Trinajstić information content (AvgIpc) is 2.89. The third-order valence-electron chi connectivity index (χ3n) is 2.01. The number of anilines is 1. The fraction of sp³-hybridized carbons (Fsp3) is 0.333. The van der Waals surface area contributed by atoms with Crippen molar-refractivity contribution < 1.29 is 4.79 Å². The van der Waals surface area contributed by atoms with Crippen molar-refractivity contribution in [1.29, 1.82) is 0 Å². The molecule has 4 nitrogen and oxygen atoms in total. The van der Waals surface area contributed by atoms with Gasteiger partial charge in [0.05, 0.1) is 5.56 Å². The molecule has 2 rings (SSSR count). The molecule has 1 aliphatic carbocycles. The molecule has 3 N–H and O–H groups in total. The van der Waals surface area contributed by atoms with Crippen molar-refractivity contribution in [3.8, 4) is 0 Å².